The third-order valence-corrected chi connectivity index (χ3v) is 4.26. The van der Waals surface area contributed by atoms with Crippen molar-refractivity contribution in [2.75, 3.05) is 11.9 Å². The average molecular weight is 289 g/mol. The minimum atomic E-state index is 0.00416. The Labute approximate surface area is 127 Å². The number of nitrogens with one attached hydrogen (secondary N) is 2. The van der Waals surface area contributed by atoms with Gasteiger partial charge < -0.3 is 10.6 Å². The van der Waals surface area contributed by atoms with Gasteiger partial charge in [0, 0.05) is 18.8 Å². The van der Waals surface area contributed by atoms with E-state index in [9.17, 15) is 4.79 Å². The maximum absolute atomic E-state index is 12.2. The Morgan fingerprint density at radius 3 is 2.57 bits per heavy atom. The van der Waals surface area contributed by atoms with Crippen molar-refractivity contribution < 1.29 is 4.79 Å². The first-order chi connectivity index (χ1) is 10.2. The molecule has 0 saturated heterocycles. The number of carbonyl (C=O) groups is 1. The van der Waals surface area contributed by atoms with Crippen LogP contribution in [0.4, 0.5) is 5.82 Å². The van der Waals surface area contributed by atoms with E-state index in [0.717, 1.165) is 31.1 Å². The topological polar surface area (TPSA) is 54.0 Å². The van der Waals surface area contributed by atoms with E-state index in [-0.39, 0.29) is 5.91 Å². The maximum atomic E-state index is 12.2. The fourth-order valence-corrected chi connectivity index (χ4v) is 3.09. The number of pyridine rings is 1. The van der Waals surface area contributed by atoms with Gasteiger partial charge >= 0.3 is 0 Å². The third kappa shape index (κ3) is 4.73. The minimum Gasteiger partial charge on any atom is -0.370 e. The average Bonchev–Trinajstić information content (AvgIpc) is 2.50. The van der Waals surface area contributed by atoms with Crippen LogP contribution in [0, 0.1) is 5.92 Å². The highest BCUT2D eigenvalue weighted by atomic mass is 16.1. The van der Waals surface area contributed by atoms with E-state index >= 15 is 0 Å². The second-order valence-corrected chi connectivity index (χ2v) is 5.94. The summed E-state index contributed by atoms with van der Waals surface area (Å²) in [6, 6.07) is 4.03. The summed E-state index contributed by atoms with van der Waals surface area (Å²) in [7, 11) is 0. The molecule has 1 aromatic heterocycles. The van der Waals surface area contributed by atoms with Crippen LogP contribution in [0.25, 0.3) is 0 Å². The lowest BCUT2D eigenvalue weighted by atomic mass is 9.83. The standard InChI is InChI=1S/C17H27N3O/c1-3-5-13-6-9-15(10-7-13)20-17(21)14-8-11-16(18-4-2)19-12-14/h8,11-13,15H,3-7,9-10H2,1-2H3,(H,18,19)(H,20,21). The molecule has 0 aliphatic heterocycles. The molecule has 2 N–H and O–H groups in total. The summed E-state index contributed by atoms with van der Waals surface area (Å²) in [6.07, 6.45) is 8.96. The normalized spacial score (nSPS) is 21.8. The number of anilines is 1. The molecule has 1 aliphatic carbocycles. The van der Waals surface area contributed by atoms with Crippen LogP contribution in [-0.2, 0) is 0 Å². The smallest absolute Gasteiger partial charge is 0.253 e. The van der Waals surface area contributed by atoms with Crippen molar-refractivity contribution in [3.8, 4) is 0 Å². The SMILES string of the molecule is CCCC1CCC(NC(=O)c2ccc(NCC)nc2)CC1. The summed E-state index contributed by atoms with van der Waals surface area (Å²) in [6.45, 7) is 5.11. The molecule has 0 spiro atoms. The molecule has 0 aromatic carbocycles. The van der Waals surface area contributed by atoms with Crippen LogP contribution in [0.1, 0.15) is 62.7 Å². The first kappa shape index (κ1) is 15.8. The van der Waals surface area contributed by atoms with E-state index in [1.807, 2.05) is 19.1 Å². The molecular weight excluding hydrogens is 262 g/mol. The van der Waals surface area contributed by atoms with E-state index in [0.29, 0.717) is 11.6 Å². The Kier molecular flexibility index (Phi) is 6.03. The van der Waals surface area contributed by atoms with Crippen LogP contribution in [-0.4, -0.2) is 23.5 Å². The molecule has 4 heteroatoms. The molecule has 1 fully saturated rings. The molecule has 1 saturated carbocycles. The number of aromatic nitrogens is 1. The maximum Gasteiger partial charge on any atom is 0.253 e. The first-order valence-corrected chi connectivity index (χ1v) is 8.23. The monoisotopic (exact) mass is 289 g/mol. The van der Waals surface area contributed by atoms with Gasteiger partial charge in [0.2, 0.25) is 0 Å². The Morgan fingerprint density at radius 1 is 1.24 bits per heavy atom. The van der Waals surface area contributed by atoms with Gasteiger partial charge in [-0.15, -0.1) is 0 Å². The predicted octanol–water partition coefficient (Wildman–Crippen LogP) is 3.60. The summed E-state index contributed by atoms with van der Waals surface area (Å²) in [5.74, 6) is 1.68. The number of carbonyl (C=O) groups excluding carboxylic acids is 1. The van der Waals surface area contributed by atoms with Crippen LogP contribution in [0.2, 0.25) is 0 Å². The fourth-order valence-electron chi connectivity index (χ4n) is 3.09. The van der Waals surface area contributed by atoms with E-state index in [2.05, 4.69) is 22.5 Å². The lowest BCUT2D eigenvalue weighted by Crippen LogP contribution is -2.37. The molecular formula is C17H27N3O. The number of amides is 1. The molecule has 1 aliphatic rings. The van der Waals surface area contributed by atoms with Gasteiger partial charge in [0.05, 0.1) is 5.56 Å². The second kappa shape index (κ2) is 8.01. The molecule has 21 heavy (non-hydrogen) atoms. The fraction of sp³-hybridized carbons (Fsp3) is 0.647. The van der Waals surface area contributed by atoms with Crippen molar-refractivity contribution >= 4 is 11.7 Å². The number of hydrogen-bond donors (Lipinski definition) is 2. The van der Waals surface area contributed by atoms with Gasteiger partial charge in [0.25, 0.3) is 5.91 Å². The Balaban J connectivity index is 1.81. The zero-order chi connectivity index (χ0) is 15.1. The predicted molar refractivity (Wildman–Crippen MR) is 86.5 cm³/mol. The number of rotatable bonds is 6. The van der Waals surface area contributed by atoms with E-state index in [4.69, 9.17) is 0 Å². The molecule has 1 heterocycles. The van der Waals surface area contributed by atoms with Gasteiger partial charge in [-0.05, 0) is 50.7 Å². The second-order valence-electron chi connectivity index (χ2n) is 5.94. The molecule has 4 nitrogen and oxygen atoms in total. The molecule has 0 bridgehead atoms. The quantitative estimate of drug-likeness (QED) is 0.841. The highest BCUT2D eigenvalue weighted by molar-refractivity contribution is 5.94. The van der Waals surface area contributed by atoms with Gasteiger partial charge in [-0.3, -0.25) is 4.79 Å². The molecule has 2 rings (SSSR count). The molecule has 1 aromatic rings. The van der Waals surface area contributed by atoms with Crippen LogP contribution in [0.15, 0.2) is 18.3 Å². The Morgan fingerprint density at radius 2 is 2.00 bits per heavy atom. The lowest BCUT2D eigenvalue weighted by molar-refractivity contribution is 0.0921. The zero-order valence-corrected chi connectivity index (χ0v) is 13.2. The summed E-state index contributed by atoms with van der Waals surface area (Å²) in [4.78, 5) is 16.5. The van der Waals surface area contributed by atoms with Gasteiger partial charge in [0.15, 0.2) is 0 Å². The highest BCUT2D eigenvalue weighted by Gasteiger charge is 2.22. The molecule has 1 amide bonds. The van der Waals surface area contributed by atoms with Crippen molar-refractivity contribution in [3.05, 3.63) is 23.9 Å². The third-order valence-electron chi connectivity index (χ3n) is 4.26. The van der Waals surface area contributed by atoms with Crippen molar-refractivity contribution in [1.82, 2.24) is 10.3 Å². The molecule has 0 radical (unpaired) electrons. The molecule has 116 valence electrons. The Bertz CT molecular complexity index is 436. The molecule has 0 atom stereocenters. The summed E-state index contributed by atoms with van der Waals surface area (Å²) < 4.78 is 0. The minimum absolute atomic E-state index is 0.00416. The van der Waals surface area contributed by atoms with Gasteiger partial charge in [-0.25, -0.2) is 4.98 Å². The van der Waals surface area contributed by atoms with Crippen LogP contribution >= 0.6 is 0 Å². The zero-order valence-electron chi connectivity index (χ0n) is 13.2. The highest BCUT2D eigenvalue weighted by Crippen LogP contribution is 2.27. The van der Waals surface area contributed by atoms with E-state index in [1.54, 1.807) is 6.20 Å². The summed E-state index contributed by atoms with van der Waals surface area (Å²) >= 11 is 0. The van der Waals surface area contributed by atoms with Crippen molar-refractivity contribution in [2.45, 2.75) is 58.4 Å². The van der Waals surface area contributed by atoms with Gasteiger partial charge in [0.1, 0.15) is 5.82 Å². The number of hydrogen-bond acceptors (Lipinski definition) is 3. The lowest BCUT2D eigenvalue weighted by Gasteiger charge is -2.28. The number of nitrogens with zero attached hydrogens (tertiary/aromatic N) is 1. The van der Waals surface area contributed by atoms with Crippen molar-refractivity contribution in [1.29, 1.82) is 0 Å². The van der Waals surface area contributed by atoms with E-state index < -0.39 is 0 Å². The van der Waals surface area contributed by atoms with E-state index in [1.165, 1.54) is 25.7 Å². The summed E-state index contributed by atoms with van der Waals surface area (Å²) in [5, 5.41) is 6.28. The largest absolute Gasteiger partial charge is 0.370 e. The Hall–Kier alpha value is -1.58. The van der Waals surface area contributed by atoms with Gasteiger partial charge in [-0.2, -0.15) is 0 Å². The van der Waals surface area contributed by atoms with Crippen molar-refractivity contribution in [2.24, 2.45) is 5.92 Å². The summed E-state index contributed by atoms with van der Waals surface area (Å²) in [5.41, 5.74) is 0.646. The van der Waals surface area contributed by atoms with Crippen LogP contribution in [0.5, 0.6) is 0 Å². The molecule has 0 unspecified atom stereocenters. The van der Waals surface area contributed by atoms with Crippen molar-refractivity contribution in [3.63, 3.8) is 0 Å². The van der Waals surface area contributed by atoms with Gasteiger partial charge in [-0.1, -0.05) is 19.8 Å². The van der Waals surface area contributed by atoms with Crippen LogP contribution in [0.3, 0.4) is 0 Å². The first-order valence-electron chi connectivity index (χ1n) is 8.23. The van der Waals surface area contributed by atoms with Crippen LogP contribution < -0.4 is 10.6 Å².